The summed E-state index contributed by atoms with van der Waals surface area (Å²) in [6.07, 6.45) is 1.81. The Morgan fingerprint density at radius 2 is 2.17 bits per heavy atom. The summed E-state index contributed by atoms with van der Waals surface area (Å²) in [5, 5.41) is 6.80. The van der Waals surface area contributed by atoms with Crippen molar-refractivity contribution in [2.45, 2.75) is 33.4 Å². The van der Waals surface area contributed by atoms with Gasteiger partial charge in [0, 0.05) is 31.9 Å². The summed E-state index contributed by atoms with van der Waals surface area (Å²) in [5.41, 5.74) is 3.05. The van der Waals surface area contributed by atoms with E-state index in [4.69, 9.17) is 0 Å². The highest BCUT2D eigenvalue weighted by Crippen LogP contribution is 2.13. The van der Waals surface area contributed by atoms with Gasteiger partial charge in [0.15, 0.2) is 5.65 Å². The molecule has 2 aromatic rings. The molecule has 98 valence electrons. The van der Waals surface area contributed by atoms with Crippen molar-refractivity contribution in [2.75, 3.05) is 13.1 Å². The van der Waals surface area contributed by atoms with Gasteiger partial charge in [-0.2, -0.15) is 0 Å². The normalized spacial score (nSPS) is 11.6. The Labute approximate surface area is 107 Å². The number of rotatable bonds is 6. The zero-order valence-corrected chi connectivity index (χ0v) is 11.2. The standard InChI is InChI=1S/C13H21N5/c1-9(2)15-7-6-14-8-11-4-5-16-13-12(11)17-10(3)18-13/h4-5,9,14-15H,6-8H2,1-3H3,(H,16,17,18). The van der Waals surface area contributed by atoms with Gasteiger partial charge in [-0.05, 0) is 18.6 Å². The second-order valence-electron chi connectivity index (χ2n) is 4.78. The fourth-order valence-electron chi connectivity index (χ4n) is 1.90. The first-order chi connectivity index (χ1) is 8.66. The van der Waals surface area contributed by atoms with Gasteiger partial charge < -0.3 is 15.6 Å². The number of fused-ring (bicyclic) bond motifs is 1. The minimum absolute atomic E-state index is 0.537. The molecular formula is C13H21N5. The van der Waals surface area contributed by atoms with Gasteiger partial charge >= 0.3 is 0 Å². The number of aryl methyl sites for hydroxylation is 1. The predicted octanol–water partition coefficient (Wildman–Crippen LogP) is 1.35. The van der Waals surface area contributed by atoms with E-state index in [2.05, 4.69) is 39.4 Å². The molecule has 2 rings (SSSR count). The number of pyridine rings is 1. The molecule has 0 bridgehead atoms. The van der Waals surface area contributed by atoms with Crippen LogP contribution in [0, 0.1) is 6.92 Å². The zero-order valence-electron chi connectivity index (χ0n) is 11.2. The molecule has 2 heterocycles. The molecule has 5 heteroatoms. The van der Waals surface area contributed by atoms with E-state index in [0.29, 0.717) is 6.04 Å². The maximum absolute atomic E-state index is 4.33. The third kappa shape index (κ3) is 3.27. The molecule has 2 aromatic heterocycles. The Balaban J connectivity index is 1.91. The van der Waals surface area contributed by atoms with E-state index in [9.17, 15) is 0 Å². The lowest BCUT2D eigenvalue weighted by Gasteiger charge is -2.09. The van der Waals surface area contributed by atoms with Crippen LogP contribution in [-0.4, -0.2) is 34.1 Å². The van der Waals surface area contributed by atoms with Crippen LogP contribution >= 0.6 is 0 Å². The Kier molecular flexibility index (Phi) is 4.28. The van der Waals surface area contributed by atoms with E-state index in [1.54, 1.807) is 0 Å². The highest BCUT2D eigenvalue weighted by molar-refractivity contribution is 5.74. The molecule has 0 radical (unpaired) electrons. The number of nitrogens with one attached hydrogen (secondary N) is 3. The van der Waals surface area contributed by atoms with Crippen molar-refractivity contribution in [2.24, 2.45) is 0 Å². The van der Waals surface area contributed by atoms with E-state index >= 15 is 0 Å². The van der Waals surface area contributed by atoms with Crippen molar-refractivity contribution in [3.63, 3.8) is 0 Å². The molecule has 0 aliphatic rings. The second-order valence-corrected chi connectivity index (χ2v) is 4.78. The topological polar surface area (TPSA) is 65.6 Å². The van der Waals surface area contributed by atoms with Crippen LogP contribution in [0.1, 0.15) is 25.2 Å². The van der Waals surface area contributed by atoms with Crippen LogP contribution in [0.2, 0.25) is 0 Å². The Morgan fingerprint density at radius 3 is 2.94 bits per heavy atom. The Hall–Kier alpha value is -1.46. The van der Waals surface area contributed by atoms with Crippen molar-refractivity contribution < 1.29 is 0 Å². The average molecular weight is 247 g/mol. The highest BCUT2D eigenvalue weighted by Gasteiger charge is 2.05. The van der Waals surface area contributed by atoms with Gasteiger partial charge in [-0.25, -0.2) is 9.97 Å². The molecule has 0 saturated heterocycles. The van der Waals surface area contributed by atoms with Gasteiger partial charge in [0.05, 0.1) is 5.52 Å². The van der Waals surface area contributed by atoms with Crippen LogP contribution in [0.25, 0.3) is 11.2 Å². The summed E-state index contributed by atoms with van der Waals surface area (Å²) in [6, 6.07) is 2.57. The number of H-pyrrole nitrogens is 1. The van der Waals surface area contributed by atoms with Crippen molar-refractivity contribution >= 4 is 11.2 Å². The summed E-state index contributed by atoms with van der Waals surface area (Å²) in [5.74, 6) is 0.909. The molecule has 0 spiro atoms. The van der Waals surface area contributed by atoms with Gasteiger partial charge in [0.1, 0.15) is 5.82 Å². The number of aromatic amines is 1. The van der Waals surface area contributed by atoms with E-state index in [0.717, 1.165) is 36.6 Å². The molecule has 0 aliphatic carbocycles. The van der Waals surface area contributed by atoms with Gasteiger partial charge in [-0.1, -0.05) is 13.8 Å². The van der Waals surface area contributed by atoms with Crippen molar-refractivity contribution in [3.8, 4) is 0 Å². The van der Waals surface area contributed by atoms with Crippen LogP contribution < -0.4 is 10.6 Å². The lowest BCUT2D eigenvalue weighted by Crippen LogP contribution is -2.31. The first kappa shape index (κ1) is 13.0. The largest absolute Gasteiger partial charge is 0.341 e. The fraction of sp³-hybridized carbons (Fsp3) is 0.538. The summed E-state index contributed by atoms with van der Waals surface area (Å²) in [6.45, 7) is 9.02. The highest BCUT2D eigenvalue weighted by atomic mass is 15.0. The van der Waals surface area contributed by atoms with Gasteiger partial charge in [0.2, 0.25) is 0 Å². The van der Waals surface area contributed by atoms with E-state index in [1.165, 1.54) is 5.56 Å². The van der Waals surface area contributed by atoms with Crippen LogP contribution in [0.3, 0.4) is 0 Å². The summed E-state index contributed by atoms with van der Waals surface area (Å²) >= 11 is 0. The lowest BCUT2D eigenvalue weighted by molar-refractivity contribution is 0.556. The molecule has 5 nitrogen and oxygen atoms in total. The van der Waals surface area contributed by atoms with Crippen molar-refractivity contribution in [1.29, 1.82) is 0 Å². The summed E-state index contributed by atoms with van der Waals surface area (Å²) in [7, 11) is 0. The Bertz CT molecular complexity index is 503. The zero-order chi connectivity index (χ0) is 13.0. The number of nitrogens with zero attached hydrogens (tertiary/aromatic N) is 2. The van der Waals surface area contributed by atoms with Crippen LogP contribution in [0.15, 0.2) is 12.3 Å². The number of hydrogen-bond acceptors (Lipinski definition) is 4. The second kappa shape index (κ2) is 5.93. The molecule has 0 atom stereocenters. The van der Waals surface area contributed by atoms with Crippen LogP contribution in [0.4, 0.5) is 0 Å². The predicted molar refractivity (Wildman–Crippen MR) is 73.5 cm³/mol. The molecule has 18 heavy (non-hydrogen) atoms. The van der Waals surface area contributed by atoms with Crippen LogP contribution in [-0.2, 0) is 6.54 Å². The van der Waals surface area contributed by atoms with E-state index in [-0.39, 0.29) is 0 Å². The molecule has 0 aliphatic heterocycles. The molecule has 0 amide bonds. The Morgan fingerprint density at radius 1 is 1.33 bits per heavy atom. The summed E-state index contributed by atoms with van der Waals surface area (Å²) in [4.78, 5) is 11.8. The van der Waals surface area contributed by atoms with E-state index < -0.39 is 0 Å². The summed E-state index contributed by atoms with van der Waals surface area (Å²) < 4.78 is 0. The molecule has 0 fully saturated rings. The minimum atomic E-state index is 0.537. The minimum Gasteiger partial charge on any atom is -0.341 e. The monoisotopic (exact) mass is 247 g/mol. The molecule has 0 saturated carbocycles. The average Bonchev–Trinajstić information content (AvgIpc) is 2.69. The van der Waals surface area contributed by atoms with E-state index in [1.807, 2.05) is 19.2 Å². The van der Waals surface area contributed by atoms with Crippen molar-refractivity contribution in [3.05, 3.63) is 23.7 Å². The van der Waals surface area contributed by atoms with Crippen LogP contribution in [0.5, 0.6) is 0 Å². The lowest BCUT2D eigenvalue weighted by atomic mass is 10.2. The van der Waals surface area contributed by atoms with Gasteiger partial charge in [-0.15, -0.1) is 0 Å². The quantitative estimate of drug-likeness (QED) is 0.674. The van der Waals surface area contributed by atoms with Gasteiger partial charge in [-0.3, -0.25) is 0 Å². The molecule has 0 aromatic carbocycles. The molecule has 3 N–H and O–H groups in total. The molecule has 0 unspecified atom stereocenters. The van der Waals surface area contributed by atoms with Crippen molar-refractivity contribution in [1.82, 2.24) is 25.6 Å². The SMILES string of the molecule is Cc1nc2nccc(CNCCNC(C)C)c2[nH]1. The maximum Gasteiger partial charge on any atom is 0.177 e. The number of aromatic nitrogens is 3. The first-order valence-electron chi connectivity index (χ1n) is 6.41. The fourth-order valence-corrected chi connectivity index (χ4v) is 1.90. The third-order valence-electron chi connectivity index (χ3n) is 2.77. The third-order valence-corrected chi connectivity index (χ3v) is 2.77. The van der Waals surface area contributed by atoms with Gasteiger partial charge in [0.25, 0.3) is 0 Å². The molecular weight excluding hydrogens is 226 g/mol. The maximum atomic E-state index is 4.33. The number of hydrogen-bond donors (Lipinski definition) is 3. The smallest absolute Gasteiger partial charge is 0.177 e. The first-order valence-corrected chi connectivity index (χ1v) is 6.41. The number of imidazole rings is 1.